The van der Waals surface area contributed by atoms with Gasteiger partial charge in [-0.25, -0.2) is 14.4 Å². The number of nitrogens with zero attached hydrogens (tertiary/aromatic N) is 2. The summed E-state index contributed by atoms with van der Waals surface area (Å²) < 4.78 is 13.0. The molecule has 0 radical (unpaired) electrons. The summed E-state index contributed by atoms with van der Waals surface area (Å²) in [7, 11) is 0. The Labute approximate surface area is 116 Å². The van der Waals surface area contributed by atoms with Crippen molar-refractivity contribution < 1.29 is 9.18 Å². The predicted octanol–water partition coefficient (Wildman–Crippen LogP) is 2.69. The average molecular weight is 274 g/mol. The first-order valence-corrected chi connectivity index (χ1v) is 6.20. The van der Waals surface area contributed by atoms with Gasteiger partial charge < -0.3 is 10.6 Å². The summed E-state index contributed by atoms with van der Waals surface area (Å²) in [6, 6.07) is 7.43. The van der Waals surface area contributed by atoms with Gasteiger partial charge in [-0.1, -0.05) is 6.07 Å². The minimum atomic E-state index is -0.412. The van der Waals surface area contributed by atoms with Crippen LogP contribution < -0.4 is 10.6 Å². The van der Waals surface area contributed by atoms with Crippen LogP contribution in [0.15, 0.2) is 36.7 Å². The number of hydrogen-bond acceptors (Lipinski definition) is 4. The standard InChI is InChI=1S/C14H15FN4O/c1-9(2)18-13-7-12(16-8-17-13)14(20)19-11-5-3-4-10(15)6-11/h3-9H,1-2H3,(H,19,20)(H,16,17,18). The van der Waals surface area contributed by atoms with Crippen molar-refractivity contribution in [3.8, 4) is 0 Å². The summed E-state index contributed by atoms with van der Waals surface area (Å²) in [6.45, 7) is 3.93. The highest BCUT2D eigenvalue weighted by Gasteiger charge is 2.10. The van der Waals surface area contributed by atoms with Gasteiger partial charge >= 0.3 is 0 Å². The van der Waals surface area contributed by atoms with Gasteiger partial charge in [0.1, 0.15) is 23.7 Å². The van der Waals surface area contributed by atoms with Gasteiger partial charge in [-0.15, -0.1) is 0 Å². The fourth-order valence-corrected chi connectivity index (χ4v) is 1.62. The molecule has 5 nitrogen and oxygen atoms in total. The molecular formula is C14H15FN4O. The van der Waals surface area contributed by atoms with Crippen LogP contribution in [0.1, 0.15) is 24.3 Å². The molecule has 2 N–H and O–H groups in total. The van der Waals surface area contributed by atoms with E-state index in [9.17, 15) is 9.18 Å². The van der Waals surface area contributed by atoms with E-state index in [0.29, 0.717) is 11.5 Å². The van der Waals surface area contributed by atoms with E-state index in [-0.39, 0.29) is 11.7 Å². The second-order valence-electron chi connectivity index (χ2n) is 4.55. The second kappa shape index (κ2) is 6.10. The normalized spacial score (nSPS) is 10.4. The molecule has 1 aromatic carbocycles. The predicted molar refractivity (Wildman–Crippen MR) is 75.1 cm³/mol. The minimum Gasteiger partial charge on any atom is -0.368 e. The number of aromatic nitrogens is 2. The van der Waals surface area contributed by atoms with Gasteiger partial charge in [0.05, 0.1) is 0 Å². The van der Waals surface area contributed by atoms with Crippen LogP contribution in [0.25, 0.3) is 0 Å². The van der Waals surface area contributed by atoms with Gasteiger partial charge in [-0.2, -0.15) is 0 Å². The molecule has 0 saturated heterocycles. The highest BCUT2D eigenvalue weighted by Crippen LogP contribution is 2.12. The number of benzene rings is 1. The molecule has 2 aromatic rings. The molecule has 2 rings (SSSR count). The zero-order chi connectivity index (χ0) is 14.5. The molecule has 0 saturated carbocycles. The van der Waals surface area contributed by atoms with E-state index in [4.69, 9.17) is 0 Å². The molecule has 0 bridgehead atoms. The molecule has 0 aliphatic heterocycles. The van der Waals surface area contributed by atoms with Crippen molar-refractivity contribution >= 4 is 17.4 Å². The van der Waals surface area contributed by atoms with E-state index in [2.05, 4.69) is 20.6 Å². The topological polar surface area (TPSA) is 66.9 Å². The first kappa shape index (κ1) is 13.9. The molecule has 1 aromatic heterocycles. The number of halogens is 1. The summed E-state index contributed by atoms with van der Waals surface area (Å²) in [5.74, 6) is -0.253. The van der Waals surface area contributed by atoms with Crippen molar-refractivity contribution in [1.29, 1.82) is 0 Å². The molecule has 0 unspecified atom stereocenters. The van der Waals surface area contributed by atoms with Crippen LogP contribution in [-0.2, 0) is 0 Å². The van der Waals surface area contributed by atoms with E-state index in [1.165, 1.54) is 24.5 Å². The first-order valence-electron chi connectivity index (χ1n) is 6.20. The van der Waals surface area contributed by atoms with Crippen LogP contribution in [0, 0.1) is 5.82 Å². The molecule has 0 aliphatic rings. The summed E-state index contributed by atoms with van der Waals surface area (Å²) in [5, 5.41) is 5.66. The first-order chi connectivity index (χ1) is 9.54. The lowest BCUT2D eigenvalue weighted by molar-refractivity contribution is 0.102. The fraction of sp³-hybridized carbons (Fsp3) is 0.214. The van der Waals surface area contributed by atoms with Crippen molar-refractivity contribution in [1.82, 2.24) is 9.97 Å². The Balaban J connectivity index is 2.13. The number of carbonyl (C=O) groups is 1. The van der Waals surface area contributed by atoms with E-state index in [0.717, 1.165) is 0 Å². The maximum Gasteiger partial charge on any atom is 0.274 e. The molecule has 1 heterocycles. The maximum atomic E-state index is 13.0. The van der Waals surface area contributed by atoms with Gasteiger partial charge in [0.15, 0.2) is 0 Å². The fourth-order valence-electron chi connectivity index (χ4n) is 1.62. The molecule has 104 valence electrons. The minimum absolute atomic E-state index is 0.198. The largest absolute Gasteiger partial charge is 0.368 e. The molecule has 1 amide bonds. The van der Waals surface area contributed by atoms with E-state index in [1.54, 1.807) is 12.1 Å². The van der Waals surface area contributed by atoms with Crippen molar-refractivity contribution in [3.05, 3.63) is 48.2 Å². The van der Waals surface area contributed by atoms with Gasteiger partial charge in [0, 0.05) is 17.8 Å². The lowest BCUT2D eigenvalue weighted by Crippen LogP contribution is -2.16. The van der Waals surface area contributed by atoms with E-state index >= 15 is 0 Å². The molecule has 6 heteroatoms. The number of nitrogens with one attached hydrogen (secondary N) is 2. The summed E-state index contributed by atoms with van der Waals surface area (Å²) in [5.41, 5.74) is 0.597. The molecule has 0 fully saturated rings. The Bertz CT molecular complexity index is 616. The Kier molecular flexibility index (Phi) is 4.24. The van der Waals surface area contributed by atoms with Gasteiger partial charge in [-0.3, -0.25) is 4.79 Å². The van der Waals surface area contributed by atoms with Crippen molar-refractivity contribution in [2.45, 2.75) is 19.9 Å². The van der Waals surface area contributed by atoms with Crippen LogP contribution in [-0.4, -0.2) is 21.9 Å². The third-order valence-electron chi connectivity index (χ3n) is 2.42. The van der Waals surface area contributed by atoms with Crippen molar-refractivity contribution in [2.75, 3.05) is 10.6 Å². The Morgan fingerprint density at radius 3 is 2.75 bits per heavy atom. The number of carbonyl (C=O) groups excluding carboxylic acids is 1. The SMILES string of the molecule is CC(C)Nc1cc(C(=O)Nc2cccc(F)c2)ncn1. The van der Waals surface area contributed by atoms with Crippen LogP contribution in [0.4, 0.5) is 15.9 Å². The van der Waals surface area contributed by atoms with Crippen LogP contribution >= 0.6 is 0 Å². The highest BCUT2D eigenvalue weighted by molar-refractivity contribution is 6.03. The highest BCUT2D eigenvalue weighted by atomic mass is 19.1. The summed E-state index contributed by atoms with van der Waals surface area (Å²) in [4.78, 5) is 19.9. The van der Waals surface area contributed by atoms with Gasteiger partial charge in [0.25, 0.3) is 5.91 Å². The summed E-state index contributed by atoms with van der Waals surface area (Å²) in [6.07, 6.45) is 1.31. The van der Waals surface area contributed by atoms with Crippen molar-refractivity contribution in [3.63, 3.8) is 0 Å². The molecular weight excluding hydrogens is 259 g/mol. The number of rotatable bonds is 4. The quantitative estimate of drug-likeness (QED) is 0.899. The number of amides is 1. The molecule has 0 aliphatic carbocycles. The van der Waals surface area contributed by atoms with Crippen LogP contribution in [0.5, 0.6) is 0 Å². The Hall–Kier alpha value is -2.50. The Morgan fingerprint density at radius 1 is 1.25 bits per heavy atom. The van der Waals surface area contributed by atoms with Gasteiger partial charge in [-0.05, 0) is 32.0 Å². The molecule has 0 spiro atoms. The third-order valence-corrected chi connectivity index (χ3v) is 2.42. The van der Waals surface area contributed by atoms with E-state index in [1.807, 2.05) is 13.8 Å². The average Bonchev–Trinajstić information content (AvgIpc) is 2.38. The van der Waals surface area contributed by atoms with E-state index < -0.39 is 11.7 Å². The number of hydrogen-bond donors (Lipinski definition) is 2. The van der Waals surface area contributed by atoms with Crippen molar-refractivity contribution in [2.24, 2.45) is 0 Å². The smallest absolute Gasteiger partial charge is 0.274 e. The zero-order valence-electron chi connectivity index (χ0n) is 11.2. The Morgan fingerprint density at radius 2 is 2.05 bits per heavy atom. The monoisotopic (exact) mass is 274 g/mol. The van der Waals surface area contributed by atoms with Gasteiger partial charge in [0.2, 0.25) is 0 Å². The molecule has 0 atom stereocenters. The lowest BCUT2D eigenvalue weighted by atomic mass is 10.3. The lowest BCUT2D eigenvalue weighted by Gasteiger charge is -2.09. The zero-order valence-corrected chi connectivity index (χ0v) is 11.2. The number of anilines is 2. The maximum absolute atomic E-state index is 13.0. The van der Waals surface area contributed by atoms with Crippen LogP contribution in [0.2, 0.25) is 0 Å². The third kappa shape index (κ3) is 3.74. The summed E-state index contributed by atoms with van der Waals surface area (Å²) >= 11 is 0. The molecule has 20 heavy (non-hydrogen) atoms. The van der Waals surface area contributed by atoms with Crippen LogP contribution in [0.3, 0.4) is 0 Å². The second-order valence-corrected chi connectivity index (χ2v) is 4.55.